The van der Waals surface area contributed by atoms with E-state index < -0.39 is 0 Å². The van der Waals surface area contributed by atoms with Crippen molar-refractivity contribution in [1.82, 2.24) is 30.6 Å². The summed E-state index contributed by atoms with van der Waals surface area (Å²) in [4.78, 5) is 4.58. The highest BCUT2D eigenvalue weighted by atomic mass is 15.3. The predicted octanol–water partition coefficient (Wildman–Crippen LogP) is 1.14. The second-order valence-electron chi connectivity index (χ2n) is 5.19. The molecule has 0 saturated heterocycles. The summed E-state index contributed by atoms with van der Waals surface area (Å²) in [6.07, 6.45) is 5.74. The molecule has 0 radical (unpaired) electrons. The molecule has 0 aliphatic rings. The quantitative estimate of drug-likeness (QED) is 0.407. The molecule has 0 spiro atoms. The molecular formula is C15H25N7. The zero-order chi connectivity index (χ0) is 15.8. The van der Waals surface area contributed by atoms with E-state index in [4.69, 9.17) is 0 Å². The SMILES string of the molecule is CCNC(=NCc1ccnn1C)NCCCc1cn[nH]c1C. The fourth-order valence-corrected chi connectivity index (χ4v) is 2.17. The van der Waals surface area contributed by atoms with E-state index in [1.54, 1.807) is 6.20 Å². The van der Waals surface area contributed by atoms with Crippen LogP contribution < -0.4 is 10.6 Å². The van der Waals surface area contributed by atoms with Crippen molar-refractivity contribution in [3.63, 3.8) is 0 Å². The van der Waals surface area contributed by atoms with E-state index in [9.17, 15) is 0 Å². The topological polar surface area (TPSA) is 82.9 Å². The maximum Gasteiger partial charge on any atom is 0.191 e. The van der Waals surface area contributed by atoms with Gasteiger partial charge in [-0.2, -0.15) is 10.2 Å². The van der Waals surface area contributed by atoms with Gasteiger partial charge in [0.25, 0.3) is 0 Å². The van der Waals surface area contributed by atoms with E-state index in [1.807, 2.05) is 24.0 Å². The van der Waals surface area contributed by atoms with E-state index in [-0.39, 0.29) is 0 Å². The van der Waals surface area contributed by atoms with Crippen LogP contribution >= 0.6 is 0 Å². The summed E-state index contributed by atoms with van der Waals surface area (Å²) in [5.41, 5.74) is 3.52. The van der Waals surface area contributed by atoms with E-state index >= 15 is 0 Å². The average molecular weight is 303 g/mol. The van der Waals surface area contributed by atoms with E-state index in [0.717, 1.165) is 43.3 Å². The Morgan fingerprint density at radius 3 is 2.91 bits per heavy atom. The molecule has 2 aromatic heterocycles. The molecule has 0 saturated carbocycles. The smallest absolute Gasteiger partial charge is 0.191 e. The summed E-state index contributed by atoms with van der Waals surface area (Å²) in [5, 5.41) is 17.8. The Kier molecular flexibility index (Phi) is 6.00. The summed E-state index contributed by atoms with van der Waals surface area (Å²) in [6, 6.07) is 1.98. The van der Waals surface area contributed by atoms with Crippen LogP contribution in [-0.2, 0) is 20.0 Å². The van der Waals surface area contributed by atoms with Gasteiger partial charge in [-0.25, -0.2) is 4.99 Å². The van der Waals surface area contributed by atoms with Gasteiger partial charge in [-0.3, -0.25) is 9.78 Å². The number of guanidine groups is 1. The number of aryl methyl sites for hydroxylation is 3. The first-order valence-electron chi connectivity index (χ1n) is 7.68. The molecule has 0 aliphatic carbocycles. The second-order valence-corrected chi connectivity index (χ2v) is 5.19. The molecule has 22 heavy (non-hydrogen) atoms. The lowest BCUT2D eigenvalue weighted by Crippen LogP contribution is -2.37. The maximum atomic E-state index is 4.58. The molecular weight excluding hydrogens is 278 g/mol. The molecule has 7 heteroatoms. The van der Waals surface area contributed by atoms with Crippen molar-refractivity contribution in [1.29, 1.82) is 0 Å². The third-order valence-corrected chi connectivity index (χ3v) is 3.52. The number of hydrogen-bond acceptors (Lipinski definition) is 3. The predicted molar refractivity (Wildman–Crippen MR) is 87.7 cm³/mol. The van der Waals surface area contributed by atoms with Gasteiger partial charge in [-0.15, -0.1) is 0 Å². The van der Waals surface area contributed by atoms with Gasteiger partial charge in [0.1, 0.15) is 0 Å². The van der Waals surface area contributed by atoms with Crippen molar-refractivity contribution in [3.05, 3.63) is 35.4 Å². The molecule has 0 unspecified atom stereocenters. The van der Waals surface area contributed by atoms with E-state index in [1.165, 1.54) is 5.56 Å². The molecule has 0 aliphatic heterocycles. The summed E-state index contributed by atoms with van der Waals surface area (Å²) in [5.74, 6) is 0.840. The Hall–Kier alpha value is -2.31. The van der Waals surface area contributed by atoms with Crippen molar-refractivity contribution in [3.8, 4) is 0 Å². The Morgan fingerprint density at radius 2 is 2.27 bits per heavy atom. The van der Waals surface area contributed by atoms with Crippen molar-refractivity contribution in [2.24, 2.45) is 12.0 Å². The minimum atomic E-state index is 0.618. The van der Waals surface area contributed by atoms with Crippen LogP contribution in [0.5, 0.6) is 0 Å². The zero-order valence-corrected chi connectivity index (χ0v) is 13.6. The fourth-order valence-electron chi connectivity index (χ4n) is 2.17. The van der Waals surface area contributed by atoms with Crippen LogP contribution in [0.1, 0.15) is 30.3 Å². The minimum Gasteiger partial charge on any atom is -0.357 e. The number of aromatic nitrogens is 4. The normalized spacial score (nSPS) is 11.7. The Labute approximate surface area is 131 Å². The zero-order valence-electron chi connectivity index (χ0n) is 13.6. The number of aromatic amines is 1. The van der Waals surface area contributed by atoms with E-state index in [2.05, 4.69) is 44.8 Å². The van der Waals surface area contributed by atoms with Gasteiger partial charge in [-0.1, -0.05) is 0 Å². The molecule has 0 fully saturated rings. The van der Waals surface area contributed by atoms with Crippen molar-refractivity contribution >= 4 is 5.96 Å². The number of H-pyrrole nitrogens is 1. The lowest BCUT2D eigenvalue weighted by atomic mass is 10.1. The molecule has 0 bridgehead atoms. The highest BCUT2D eigenvalue weighted by Crippen LogP contribution is 2.05. The van der Waals surface area contributed by atoms with Crippen LogP contribution in [0.25, 0.3) is 0 Å². The van der Waals surface area contributed by atoms with Gasteiger partial charge in [0, 0.05) is 32.0 Å². The average Bonchev–Trinajstić information content (AvgIpc) is 3.09. The largest absolute Gasteiger partial charge is 0.357 e. The van der Waals surface area contributed by atoms with Gasteiger partial charge in [0.05, 0.1) is 18.4 Å². The van der Waals surface area contributed by atoms with Gasteiger partial charge >= 0.3 is 0 Å². The molecule has 2 aromatic rings. The highest BCUT2D eigenvalue weighted by Gasteiger charge is 2.02. The van der Waals surface area contributed by atoms with E-state index in [0.29, 0.717) is 6.54 Å². The summed E-state index contributed by atoms with van der Waals surface area (Å²) < 4.78 is 1.84. The van der Waals surface area contributed by atoms with Gasteiger partial charge in [0.15, 0.2) is 5.96 Å². The maximum absolute atomic E-state index is 4.58. The molecule has 0 atom stereocenters. The summed E-state index contributed by atoms with van der Waals surface area (Å²) in [6.45, 7) is 6.46. The number of aliphatic imine (C=N–C) groups is 1. The molecule has 120 valence electrons. The van der Waals surface area contributed by atoms with Crippen LogP contribution in [0, 0.1) is 6.92 Å². The first kappa shape index (κ1) is 16.1. The van der Waals surface area contributed by atoms with Crippen molar-refractivity contribution in [2.75, 3.05) is 13.1 Å². The Bertz CT molecular complexity index is 597. The Balaban J connectivity index is 1.78. The fraction of sp³-hybridized carbons (Fsp3) is 0.533. The lowest BCUT2D eigenvalue weighted by molar-refractivity contribution is 0.703. The monoisotopic (exact) mass is 303 g/mol. The number of hydrogen-bond donors (Lipinski definition) is 3. The van der Waals surface area contributed by atoms with Crippen LogP contribution in [-0.4, -0.2) is 39.0 Å². The number of nitrogens with zero attached hydrogens (tertiary/aromatic N) is 4. The summed E-state index contributed by atoms with van der Waals surface area (Å²) >= 11 is 0. The third-order valence-electron chi connectivity index (χ3n) is 3.52. The number of rotatable bonds is 7. The van der Waals surface area contributed by atoms with Crippen LogP contribution in [0.4, 0.5) is 0 Å². The first-order chi connectivity index (χ1) is 10.7. The molecule has 0 aromatic carbocycles. The molecule has 2 rings (SSSR count). The standard InChI is InChI=1S/C15H25N7/c1-4-16-15(18-11-14-7-9-20-22(14)3)17-8-5-6-13-10-19-21-12(13)2/h7,9-10H,4-6,8,11H2,1-3H3,(H,19,21)(H2,16,17,18). The first-order valence-corrected chi connectivity index (χ1v) is 7.68. The second kappa shape index (κ2) is 8.21. The molecule has 3 N–H and O–H groups in total. The van der Waals surface area contributed by atoms with Gasteiger partial charge in [0.2, 0.25) is 0 Å². The van der Waals surface area contributed by atoms with Crippen LogP contribution in [0.15, 0.2) is 23.5 Å². The summed E-state index contributed by atoms with van der Waals surface area (Å²) in [7, 11) is 1.93. The van der Waals surface area contributed by atoms with Crippen LogP contribution in [0.2, 0.25) is 0 Å². The van der Waals surface area contributed by atoms with Gasteiger partial charge in [-0.05, 0) is 38.3 Å². The van der Waals surface area contributed by atoms with Crippen LogP contribution in [0.3, 0.4) is 0 Å². The molecule has 2 heterocycles. The molecule has 7 nitrogen and oxygen atoms in total. The lowest BCUT2D eigenvalue weighted by Gasteiger charge is -2.11. The number of nitrogens with one attached hydrogen (secondary N) is 3. The van der Waals surface area contributed by atoms with Crippen molar-refractivity contribution in [2.45, 2.75) is 33.2 Å². The van der Waals surface area contributed by atoms with Gasteiger partial charge < -0.3 is 10.6 Å². The molecule has 0 amide bonds. The third kappa shape index (κ3) is 4.61. The highest BCUT2D eigenvalue weighted by molar-refractivity contribution is 5.79. The minimum absolute atomic E-state index is 0.618. The Morgan fingerprint density at radius 1 is 1.41 bits per heavy atom. The van der Waals surface area contributed by atoms with Crippen molar-refractivity contribution < 1.29 is 0 Å².